The second-order valence-corrected chi connectivity index (χ2v) is 6.15. The summed E-state index contributed by atoms with van der Waals surface area (Å²) in [5.41, 5.74) is 1.44. The minimum Gasteiger partial charge on any atom is -0.488 e. The lowest BCUT2D eigenvalue weighted by Gasteiger charge is -2.18. The van der Waals surface area contributed by atoms with Gasteiger partial charge in [-0.05, 0) is 43.7 Å². The van der Waals surface area contributed by atoms with Gasteiger partial charge in [-0.2, -0.15) is 0 Å². The largest absolute Gasteiger partial charge is 0.488 e. The minimum atomic E-state index is -1.01. The number of methoxy groups -OCH3 is 1. The van der Waals surface area contributed by atoms with E-state index in [1.165, 1.54) is 19.2 Å². The highest BCUT2D eigenvalue weighted by molar-refractivity contribution is 5.98. The number of carbonyl (C=O) groups excluding carboxylic acids is 2. The molecule has 0 aliphatic heterocycles. The van der Waals surface area contributed by atoms with E-state index in [2.05, 4.69) is 10.6 Å². The molecule has 28 heavy (non-hydrogen) atoms. The average molecular weight is 386 g/mol. The molecule has 0 aromatic heterocycles. The fraction of sp³-hybridized carbons (Fsp3) is 0.250. The number of para-hydroxylation sites is 1. The molecule has 0 saturated heterocycles. The molecule has 0 heterocycles. The van der Waals surface area contributed by atoms with Crippen LogP contribution in [0.1, 0.15) is 40.1 Å². The van der Waals surface area contributed by atoms with E-state index in [-0.39, 0.29) is 29.5 Å². The summed E-state index contributed by atoms with van der Waals surface area (Å²) in [5, 5.41) is 14.2. The number of rotatable bonds is 7. The predicted octanol–water partition coefficient (Wildman–Crippen LogP) is 3.28. The second-order valence-electron chi connectivity index (χ2n) is 6.15. The van der Waals surface area contributed by atoms with Crippen molar-refractivity contribution in [2.75, 3.05) is 12.4 Å². The molecule has 8 nitrogen and oxygen atoms in total. The number of ether oxygens (including phenoxy) is 2. The topological polar surface area (TPSA) is 114 Å². The van der Waals surface area contributed by atoms with Gasteiger partial charge < -0.3 is 25.2 Å². The van der Waals surface area contributed by atoms with Crippen LogP contribution in [-0.2, 0) is 11.3 Å². The number of carboxylic acids is 1. The molecule has 2 amide bonds. The zero-order chi connectivity index (χ0) is 20.7. The molecule has 0 saturated carbocycles. The Morgan fingerprint density at radius 3 is 2.32 bits per heavy atom. The van der Waals surface area contributed by atoms with Crippen molar-refractivity contribution in [1.82, 2.24) is 5.32 Å². The average Bonchev–Trinajstić information content (AvgIpc) is 2.67. The molecule has 0 bridgehead atoms. The Bertz CT molecular complexity index is 861. The molecule has 0 aliphatic carbocycles. The van der Waals surface area contributed by atoms with Gasteiger partial charge in [0.2, 0.25) is 0 Å². The van der Waals surface area contributed by atoms with E-state index in [1.54, 1.807) is 44.2 Å². The third-order valence-electron chi connectivity index (χ3n) is 3.68. The Morgan fingerprint density at radius 1 is 1.07 bits per heavy atom. The van der Waals surface area contributed by atoms with Crippen molar-refractivity contribution >= 4 is 23.7 Å². The number of carboxylic acid groups (broad SMARTS) is 1. The summed E-state index contributed by atoms with van der Waals surface area (Å²) in [6.07, 6.45) is -0.220. The molecular formula is C20H22N2O6. The normalized spacial score (nSPS) is 10.3. The number of hydrogen-bond acceptors (Lipinski definition) is 5. The Kier molecular flexibility index (Phi) is 6.97. The van der Waals surface area contributed by atoms with Gasteiger partial charge in [-0.1, -0.05) is 18.2 Å². The molecule has 148 valence electrons. The van der Waals surface area contributed by atoms with Gasteiger partial charge in [0.05, 0.1) is 24.5 Å². The van der Waals surface area contributed by atoms with Gasteiger partial charge in [-0.25, -0.2) is 14.4 Å². The fourth-order valence-corrected chi connectivity index (χ4v) is 2.38. The second kappa shape index (κ2) is 9.40. The molecule has 2 aromatic carbocycles. The standard InChI is InChI=1S/C20H22N2O6/c1-12(2)28-17-15(19(25)27-3)5-4-6-16(17)22-20(26)21-11-13-7-9-14(10-8-13)18(23)24/h4-10,12H,11H2,1-3H3,(H,23,24)(H2,21,22,26). The number of benzene rings is 2. The highest BCUT2D eigenvalue weighted by atomic mass is 16.5. The number of aromatic carboxylic acids is 1. The highest BCUT2D eigenvalue weighted by Crippen LogP contribution is 2.30. The number of amides is 2. The summed E-state index contributed by atoms with van der Waals surface area (Å²) in [4.78, 5) is 35.1. The summed E-state index contributed by atoms with van der Waals surface area (Å²) in [7, 11) is 1.27. The Labute approximate surface area is 162 Å². The predicted molar refractivity (Wildman–Crippen MR) is 103 cm³/mol. The number of esters is 1. The highest BCUT2D eigenvalue weighted by Gasteiger charge is 2.19. The van der Waals surface area contributed by atoms with Gasteiger partial charge in [0, 0.05) is 6.54 Å². The molecule has 0 radical (unpaired) electrons. The van der Waals surface area contributed by atoms with Crippen LogP contribution in [0.25, 0.3) is 0 Å². The Balaban J connectivity index is 2.10. The van der Waals surface area contributed by atoms with Gasteiger partial charge >= 0.3 is 18.0 Å². The first kappa shape index (κ1) is 20.8. The van der Waals surface area contributed by atoms with Gasteiger partial charge in [0.1, 0.15) is 5.56 Å². The maximum absolute atomic E-state index is 12.3. The third kappa shape index (κ3) is 5.47. The lowest BCUT2D eigenvalue weighted by molar-refractivity contribution is 0.0593. The summed E-state index contributed by atoms with van der Waals surface area (Å²) in [6.45, 7) is 3.81. The lowest BCUT2D eigenvalue weighted by atomic mass is 10.1. The maximum atomic E-state index is 12.3. The SMILES string of the molecule is COC(=O)c1cccc(NC(=O)NCc2ccc(C(=O)O)cc2)c1OC(C)C. The van der Waals surface area contributed by atoms with Crippen molar-refractivity contribution in [3.63, 3.8) is 0 Å². The lowest BCUT2D eigenvalue weighted by Crippen LogP contribution is -2.28. The number of hydrogen-bond donors (Lipinski definition) is 3. The van der Waals surface area contributed by atoms with E-state index in [0.29, 0.717) is 5.69 Å². The molecule has 0 spiro atoms. The van der Waals surface area contributed by atoms with Crippen molar-refractivity contribution in [1.29, 1.82) is 0 Å². The molecule has 0 atom stereocenters. The molecule has 0 aliphatic rings. The van der Waals surface area contributed by atoms with Crippen LogP contribution in [0.15, 0.2) is 42.5 Å². The Hall–Kier alpha value is -3.55. The van der Waals surface area contributed by atoms with E-state index in [1.807, 2.05) is 0 Å². The minimum absolute atomic E-state index is 0.170. The molecular weight excluding hydrogens is 364 g/mol. The fourth-order valence-electron chi connectivity index (χ4n) is 2.38. The number of nitrogens with one attached hydrogen (secondary N) is 2. The van der Waals surface area contributed by atoms with Crippen LogP contribution in [0.4, 0.5) is 10.5 Å². The first-order valence-corrected chi connectivity index (χ1v) is 8.57. The molecule has 8 heteroatoms. The summed E-state index contributed by atoms with van der Waals surface area (Å²) >= 11 is 0. The van der Waals surface area contributed by atoms with Crippen LogP contribution < -0.4 is 15.4 Å². The smallest absolute Gasteiger partial charge is 0.341 e. The number of anilines is 1. The number of carbonyl (C=O) groups is 3. The van der Waals surface area contributed by atoms with Gasteiger partial charge in [-0.3, -0.25) is 0 Å². The zero-order valence-electron chi connectivity index (χ0n) is 15.8. The van der Waals surface area contributed by atoms with Crippen LogP contribution in [0.5, 0.6) is 5.75 Å². The van der Waals surface area contributed by atoms with E-state index in [9.17, 15) is 14.4 Å². The molecule has 2 aromatic rings. The monoisotopic (exact) mass is 386 g/mol. The van der Waals surface area contributed by atoms with Crippen molar-refractivity contribution in [2.45, 2.75) is 26.5 Å². The van der Waals surface area contributed by atoms with E-state index in [0.717, 1.165) is 5.56 Å². The van der Waals surface area contributed by atoms with Gasteiger partial charge in [0.25, 0.3) is 0 Å². The summed E-state index contributed by atoms with van der Waals surface area (Å²) < 4.78 is 10.5. The van der Waals surface area contributed by atoms with Crippen molar-refractivity contribution < 1.29 is 29.0 Å². The van der Waals surface area contributed by atoms with Crippen molar-refractivity contribution in [2.24, 2.45) is 0 Å². The molecule has 0 fully saturated rings. The summed E-state index contributed by atoms with van der Waals surface area (Å²) in [5.74, 6) is -1.36. The Morgan fingerprint density at radius 2 is 1.75 bits per heavy atom. The van der Waals surface area contributed by atoms with Crippen LogP contribution >= 0.6 is 0 Å². The maximum Gasteiger partial charge on any atom is 0.341 e. The van der Waals surface area contributed by atoms with Crippen LogP contribution in [0.2, 0.25) is 0 Å². The quantitative estimate of drug-likeness (QED) is 0.629. The molecule has 2 rings (SSSR count). The van der Waals surface area contributed by atoms with Crippen molar-refractivity contribution in [3.05, 3.63) is 59.2 Å². The van der Waals surface area contributed by atoms with E-state index >= 15 is 0 Å². The van der Waals surface area contributed by atoms with Crippen LogP contribution in [0.3, 0.4) is 0 Å². The van der Waals surface area contributed by atoms with Gasteiger partial charge in [0.15, 0.2) is 5.75 Å². The van der Waals surface area contributed by atoms with Gasteiger partial charge in [-0.15, -0.1) is 0 Å². The van der Waals surface area contributed by atoms with Crippen LogP contribution in [0, 0.1) is 0 Å². The first-order chi connectivity index (χ1) is 13.3. The third-order valence-corrected chi connectivity index (χ3v) is 3.68. The van der Waals surface area contributed by atoms with E-state index in [4.69, 9.17) is 14.6 Å². The zero-order valence-corrected chi connectivity index (χ0v) is 15.8. The molecule has 3 N–H and O–H groups in total. The van der Waals surface area contributed by atoms with Crippen LogP contribution in [-0.4, -0.2) is 36.3 Å². The number of urea groups is 1. The van der Waals surface area contributed by atoms with Crippen molar-refractivity contribution in [3.8, 4) is 5.75 Å². The summed E-state index contributed by atoms with van der Waals surface area (Å²) in [6, 6.07) is 10.4. The molecule has 0 unspecified atom stereocenters. The van der Waals surface area contributed by atoms with E-state index < -0.39 is 18.0 Å². The first-order valence-electron chi connectivity index (χ1n) is 8.57.